The molecule has 72 heavy (non-hydrogen) atoms. The predicted molar refractivity (Wildman–Crippen MR) is 302 cm³/mol. The van der Waals surface area contributed by atoms with Crippen molar-refractivity contribution in [3.63, 3.8) is 0 Å². The zero-order valence-corrected chi connectivity index (χ0v) is 40.1. The molecule has 4 nitrogen and oxygen atoms in total. The summed E-state index contributed by atoms with van der Waals surface area (Å²) in [5.41, 5.74) is 12.2. The van der Waals surface area contributed by atoms with Gasteiger partial charge in [-0.05, 0) is 85.8 Å². The summed E-state index contributed by atoms with van der Waals surface area (Å²) in [7, 11) is -2.96. The first-order chi connectivity index (χ1) is 35.8. The largest absolute Gasteiger partial charge is 0.458 e. The van der Waals surface area contributed by atoms with Crippen LogP contribution in [-0.2, 0) is 0 Å². The van der Waals surface area contributed by atoms with Crippen molar-refractivity contribution >= 4 is 95.5 Å². The summed E-state index contributed by atoms with van der Waals surface area (Å²) < 4.78 is 19.2. The zero-order valence-electron chi connectivity index (χ0n) is 39.1. The Kier molecular flexibility index (Phi) is 9.04. The second kappa shape index (κ2) is 16.0. The summed E-state index contributed by atoms with van der Waals surface area (Å²) in [6.07, 6.45) is 0. The van der Waals surface area contributed by atoms with Crippen LogP contribution in [0.3, 0.4) is 0 Å². The minimum absolute atomic E-state index is 0.113. The Morgan fingerprint density at radius 3 is 1.50 bits per heavy atom. The number of nitrogens with zero attached hydrogens (tertiary/aromatic N) is 2. The molecule has 2 aliphatic rings. The predicted octanol–water partition coefficient (Wildman–Crippen LogP) is 11.7. The number of hydrogen-bond donors (Lipinski definition) is 0. The molecule has 0 aliphatic carbocycles. The monoisotopic (exact) mass is 934 g/mol. The highest BCUT2D eigenvalue weighted by atomic mass is 28.3. The number of benzene rings is 11. The van der Waals surface area contributed by atoms with Crippen LogP contribution >= 0.6 is 0 Å². The molecular formula is C66H43BN2O2Si. The van der Waals surface area contributed by atoms with Crippen LogP contribution < -0.4 is 46.6 Å². The van der Waals surface area contributed by atoms with Crippen LogP contribution in [-0.4, -0.2) is 23.9 Å². The lowest BCUT2D eigenvalue weighted by Crippen LogP contribution is -2.74. The number of aromatic nitrogens is 2. The molecule has 0 unspecified atom stereocenters. The number of ether oxygens (including phenoxy) is 2. The first kappa shape index (κ1) is 40.8. The van der Waals surface area contributed by atoms with E-state index in [1.54, 1.807) is 0 Å². The molecule has 0 atom stereocenters. The third-order valence-electron chi connectivity index (χ3n) is 15.4. The maximum atomic E-state index is 7.51. The van der Waals surface area contributed by atoms with E-state index in [2.05, 4.69) is 270 Å². The Bertz CT molecular complexity index is 4190. The highest BCUT2D eigenvalue weighted by molar-refractivity contribution is 7.20. The lowest BCUT2D eigenvalue weighted by atomic mass is 9.34. The Hall–Kier alpha value is -9.10. The van der Waals surface area contributed by atoms with Crippen LogP contribution in [0.2, 0.25) is 0 Å². The normalized spacial score (nSPS) is 12.6. The van der Waals surface area contributed by atoms with Crippen molar-refractivity contribution in [1.82, 2.24) is 9.13 Å². The third-order valence-corrected chi connectivity index (χ3v) is 20.2. The van der Waals surface area contributed by atoms with E-state index in [1.807, 2.05) is 0 Å². The molecule has 0 saturated heterocycles. The molecule has 13 aromatic rings. The fourth-order valence-electron chi connectivity index (χ4n) is 12.5. The molecule has 4 heterocycles. The van der Waals surface area contributed by atoms with Crippen molar-refractivity contribution in [3.05, 3.63) is 261 Å². The highest BCUT2D eigenvalue weighted by Gasteiger charge is 2.44. The van der Waals surface area contributed by atoms with E-state index in [0.717, 1.165) is 78.4 Å². The topological polar surface area (TPSA) is 28.3 Å². The van der Waals surface area contributed by atoms with Crippen molar-refractivity contribution in [2.75, 3.05) is 0 Å². The van der Waals surface area contributed by atoms with Gasteiger partial charge in [-0.25, -0.2) is 0 Å². The highest BCUT2D eigenvalue weighted by Crippen LogP contribution is 2.47. The Balaban J connectivity index is 1.10. The van der Waals surface area contributed by atoms with Crippen LogP contribution in [0.25, 0.3) is 66.1 Å². The summed E-state index contributed by atoms with van der Waals surface area (Å²) in [5, 5.41) is 10.1. The quantitative estimate of drug-likeness (QED) is 0.118. The van der Waals surface area contributed by atoms with Gasteiger partial charge in [0.05, 0.1) is 27.8 Å². The smallest absolute Gasteiger partial charge is 0.260 e. The molecule has 2 aromatic heterocycles. The van der Waals surface area contributed by atoms with Gasteiger partial charge in [0, 0.05) is 38.3 Å². The zero-order chi connectivity index (χ0) is 47.3. The fourth-order valence-corrected chi connectivity index (χ4v) is 17.3. The molecular weight excluding hydrogens is 892 g/mol. The summed E-state index contributed by atoms with van der Waals surface area (Å²) in [4.78, 5) is 0. The molecule has 0 saturated carbocycles. The number of para-hydroxylation sites is 4. The van der Waals surface area contributed by atoms with E-state index in [-0.39, 0.29) is 6.71 Å². The molecule has 11 aromatic carbocycles. The van der Waals surface area contributed by atoms with Gasteiger partial charge in [0.25, 0.3) is 6.71 Å². The van der Waals surface area contributed by atoms with E-state index in [9.17, 15) is 0 Å². The lowest BCUT2D eigenvalue weighted by molar-refractivity contribution is 0.465. The SMILES string of the molecule is c1ccc(-n2c3ccccc3c3ccc4c5ccccc5n(-c5ccc6c(c5-c5cccc([Si](c7ccccc7)(c7ccccc7)c7ccccc7)c5)Oc5cccc7c5B6c5ccccc5O7)c4c32)cc1. The first-order valence-electron chi connectivity index (χ1n) is 24.8. The molecule has 336 valence electrons. The number of fused-ring (bicyclic) bond motifs is 11. The summed E-state index contributed by atoms with van der Waals surface area (Å²) in [6, 6.07) is 95.7. The van der Waals surface area contributed by atoms with Gasteiger partial charge in [0.2, 0.25) is 0 Å². The lowest BCUT2D eigenvalue weighted by Gasteiger charge is -2.35. The molecule has 0 spiro atoms. The molecule has 0 radical (unpaired) electrons. The van der Waals surface area contributed by atoms with Crippen molar-refractivity contribution in [2.45, 2.75) is 0 Å². The van der Waals surface area contributed by atoms with Gasteiger partial charge in [0.15, 0.2) is 8.07 Å². The standard InChI is InChI=1S/C66H43BN2O2Si/c1-5-22-45(23-6-1)68-56-34-16-13-31-50(56)52-39-40-53-51-32-14-17-35-57(51)69(65(53)64(52)68)58-42-41-55-66(71-61-38-20-37-60-63(61)67(55)54-33-15-18-36-59(54)70-60)62(58)44-21-19-30-49(43-44)72(46-24-7-2-8-25-46,47-26-9-3-10-27-47)48-28-11-4-12-29-48/h1-43H. The van der Waals surface area contributed by atoms with Crippen LogP contribution in [0.5, 0.6) is 23.0 Å². The number of rotatable bonds is 7. The minimum atomic E-state index is -2.96. The average Bonchev–Trinajstić information content (AvgIpc) is 3.97. The van der Waals surface area contributed by atoms with Crippen LogP contribution in [0.1, 0.15) is 0 Å². The van der Waals surface area contributed by atoms with E-state index in [1.165, 1.54) is 47.8 Å². The Morgan fingerprint density at radius 1 is 0.347 bits per heavy atom. The summed E-state index contributed by atoms with van der Waals surface area (Å²) >= 11 is 0. The molecule has 0 bridgehead atoms. The van der Waals surface area contributed by atoms with Crippen molar-refractivity contribution < 1.29 is 9.47 Å². The molecule has 0 N–H and O–H groups in total. The Labute approximate surface area is 418 Å². The second-order valence-electron chi connectivity index (χ2n) is 19.0. The second-order valence-corrected chi connectivity index (χ2v) is 22.9. The molecule has 2 aliphatic heterocycles. The van der Waals surface area contributed by atoms with E-state index in [0.29, 0.717) is 0 Å². The average molecular weight is 935 g/mol. The fraction of sp³-hybridized carbons (Fsp3) is 0. The van der Waals surface area contributed by atoms with Crippen LogP contribution in [0, 0.1) is 0 Å². The van der Waals surface area contributed by atoms with Gasteiger partial charge in [-0.3, -0.25) is 0 Å². The maximum absolute atomic E-state index is 7.51. The van der Waals surface area contributed by atoms with E-state index >= 15 is 0 Å². The van der Waals surface area contributed by atoms with Crippen LogP contribution in [0.15, 0.2) is 261 Å². The van der Waals surface area contributed by atoms with Crippen LogP contribution in [0.4, 0.5) is 0 Å². The van der Waals surface area contributed by atoms with Gasteiger partial charge in [-0.15, -0.1) is 0 Å². The first-order valence-corrected chi connectivity index (χ1v) is 26.8. The Morgan fingerprint density at radius 2 is 0.847 bits per heavy atom. The molecule has 6 heteroatoms. The van der Waals surface area contributed by atoms with Gasteiger partial charge in [-0.1, -0.05) is 212 Å². The summed E-state index contributed by atoms with van der Waals surface area (Å²) in [6.45, 7) is -0.113. The van der Waals surface area contributed by atoms with Gasteiger partial charge in [-0.2, -0.15) is 0 Å². The van der Waals surface area contributed by atoms with Gasteiger partial charge >= 0.3 is 0 Å². The van der Waals surface area contributed by atoms with Gasteiger partial charge < -0.3 is 18.6 Å². The molecule has 0 fully saturated rings. The van der Waals surface area contributed by atoms with E-state index < -0.39 is 8.07 Å². The van der Waals surface area contributed by atoms with Crippen molar-refractivity contribution in [2.24, 2.45) is 0 Å². The van der Waals surface area contributed by atoms with Crippen molar-refractivity contribution in [3.8, 4) is 45.5 Å². The van der Waals surface area contributed by atoms with Gasteiger partial charge in [0.1, 0.15) is 23.0 Å². The summed E-state index contributed by atoms with van der Waals surface area (Å²) in [5.74, 6) is 3.36. The van der Waals surface area contributed by atoms with Crippen molar-refractivity contribution in [1.29, 1.82) is 0 Å². The third kappa shape index (κ3) is 5.81. The molecule has 0 amide bonds. The molecule has 15 rings (SSSR count). The van der Waals surface area contributed by atoms with E-state index in [4.69, 9.17) is 9.47 Å². The maximum Gasteiger partial charge on any atom is 0.260 e. The minimum Gasteiger partial charge on any atom is -0.458 e. The number of hydrogen-bond acceptors (Lipinski definition) is 2.